The van der Waals surface area contributed by atoms with Crippen molar-refractivity contribution < 1.29 is 4.79 Å². The Hall–Kier alpha value is -3.38. The lowest BCUT2D eigenvalue weighted by Crippen LogP contribution is -2.45. The third-order valence-electron chi connectivity index (χ3n) is 6.88. The molecule has 4 aromatic rings. The third kappa shape index (κ3) is 4.50. The van der Waals surface area contributed by atoms with Gasteiger partial charge in [0.2, 0.25) is 5.91 Å². The van der Waals surface area contributed by atoms with Crippen LogP contribution in [-0.2, 0) is 4.79 Å². The van der Waals surface area contributed by atoms with Crippen LogP contribution < -0.4 is 4.90 Å². The van der Waals surface area contributed by atoms with Crippen LogP contribution in [0.5, 0.6) is 0 Å². The van der Waals surface area contributed by atoms with Crippen molar-refractivity contribution in [3.63, 3.8) is 0 Å². The molecule has 1 aliphatic heterocycles. The zero-order chi connectivity index (χ0) is 24.4. The number of nitrogens with zero attached hydrogens (tertiary/aromatic N) is 5. The molecule has 0 bridgehead atoms. The molecule has 3 heterocycles. The van der Waals surface area contributed by atoms with Crippen molar-refractivity contribution in [1.82, 2.24) is 19.4 Å². The zero-order valence-corrected chi connectivity index (χ0v) is 20.9. The molecule has 0 saturated carbocycles. The molecule has 2 aromatic heterocycles. The molecule has 180 valence electrons. The van der Waals surface area contributed by atoms with Crippen molar-refractivity contribution >= 4 is 34.4 Å². The Labute approximate surface area is 211 Å². The second kappa shape index (κ2) is 10.1. The Morgan fingerprint density at radius 3 is 2.63 bits per heavy atom. The summed E-state index contributed by atoms with van der Waals surface area (Å²) in [6, 6.07) is 18.1. The van der Waals surface area contributed by atoms with E-state index in [2.05, 4.69) is 27.8 Å². The topological polar surface area (TPSA) is 54.3 Å². The maximum Gasteiger partial charge on any atom is 0.227 e. The van der Waals surface area contributed by atoms with Crippen LogP contribution in [-0.4, -0.2) is 51.5 Å². The minimum absolute atomic E-state index is 0.0242. The number of anilines is 1. The first kappa shape index (κ1) is 23.4. The molecule has 6 nitrogen and oxygen atoms in total. The van der Waals surface area contributed by atoms with Crippen molar-refractivity contribution in [2.75, 3.05) is 31.1 Å². The standard InChI is InChI=1S/C28H30ClN5O/c1-3-32(4-2)28(35)21-12-9-15-33(17-21)26-25-24(20-10-6-5-7-11-20)18-34(27(25)31-19-30-26)23-14-8-13-22(29)16-23/h5-8,10-11,13-14,16,18-19,21H,3-4,9,12,15,17H2,1-2H3/t21-/m0/s1. The molecular weight excluding hydrogens is 458 g/mol. The maximum absolute atomic E-state index is 13.2. The lowest BCUT2D eigenvalue weighted by molar-refractivity contribution is -0.135. The molecule has 0 radical (unpaired) electrons. The first-order chi connectivity index (χ1) is 17.1. The van der Waals surface area contributed by atoms with Gasteiger partial charge < -0.3 is 14.4 Å². The number of carbonyl (C=O) groups excluding carboxylic acids is 1. The first-order valence-corrected chi connectivity index (χ1v) is 12.7. The fourth-order valence-electron chi connectivity index (χ4n) is 5.11. The summed E-state index contributed by atoms with van der Waals surface area (Å²) in [7, 11) is 0. The molecule has 1 atom stereocenters. The average molecular weight is 488 g/mol. The summed E-state index contributed by atoms with van der Waals surface area (Å²) in [5.41, 5.74) is 3.94. The van der Waals surface area contributed by atoms with E-state index >= 15 is 0 Å². The Bertz CT molecular complexity index is 1330. The molecule has 35 heavy (non-hydrogen) atoms. The van der Waals surface area contributed by atoms with E-state index in [4.69, 9.17) is 21.6 Å². The summed E-state index contributed by atoms with van der Waals surface area (Å²) >= 11 is 6.33. The zero-order valence-electron chi connectivity index (χ0n) is 20.2. The second-order valence-electron chi connectivity index (χ2n) is 8.95. The van der Waals surface area contributed by atoms with Crippen LogP contribution in [0.15, 0.2) is 67.1 Å². The van der Waals surface area contributed by atoms with Crippen LogP contribution in [0.3, 0.4) is 0 Å². The quantitative estimate of drug-likeness (QED) is 0.343. The molecule has 1 fully saturated rings. The van der Waals surface area contributed by atoms with Crippen molar-refractivity contribution in [3.8, 4) is 16.8 Å². The summed E-state index contributed by atoms with van der Waals surface area (Å²) in [6.07, 6.45) is 5.61. The Balaban J connectivity index is 1.63. The molecule has 0 spiro atoms. The number of benzene rings is 2. The Kier molecular flexibility index (Phi) is 6.73. The summed E-state index contributed by atoms with van der Waals surface area (Å²) in [4.78, 5) is 26.8. The van der Waals surface area contributed by atoms with Gasteiger partial charge in [-0.25, -0.2) is 9.97 Å². The summed E-state index contributed by atoms with van der Waals surface area (Å²) in [5, 5.41) is 1.67. The molecule has 7 heteroatoms. The summed E-state index contributed by atoms with van der Waals surface area (Å²) in [6.45, 7) is 7.10. The van der Waals surface area contributed by atoms with E-state index in [0.29, 0.717) is 11.6 Å². The van der Waals surface area contributed by atoms with E-state index in [1.165, 1.54) is 0 Å². The van der Waals surface area contributed by atoms with Crippen LogP contribution in [0.1, 0.15) is 26.7 Å². The van der Waals surface area contributed by atoms with Crippen LogP contribution in [0.25, 0.3) is 27.8 Å². The highest BCUT2D eigenvalue weighted by atomic mass is 35.5. The molecule has 1 saturated heterocycles. The fraction of sp³-hybridized carbons (Fsp3) is 0.321. The highest BCUT2D eigenvalue weighted by molar-refractivity contribution is 6.30. The molecule has 0 unspecified atom stereocenters. The number of fused-ring (bicyclic) bond motifs is 1. The Morgan fingerprint density at radius 2 is 1.89 bits per heavy atom. The number of hydrogen-bond donors (Lipinski definition) is 0. The predicted octanol–water partition coefficient (Wildman–Crippen LogP) is 5.83. The number of piperidine rings is 1. The summed E-state index contributed by atoms with van der Waals surface area (Å²) < 4.78 is 2.08. The minimum Gasteiger partial charge on any atom is -0.355 e. The lowest BCUT2D eigenvalue weighted by Gasteiger charge is -2.35. The van der Waals surface area contributed by atoms with Crippen molar-refractivity contribution in [3.05, 3.63) is 72.1 Å². The molecule has 0 aliphatic carbocycles. The van der Waals surface area contributed by atoms with Gasteiger partial charge in [0.1, 0.15) is 12.1 Å². The van der Waals surface area contributed by atoms with E-state index in [1.807, 2.05) is 61.2 Å². The van der Waals surface area contributed by atoms with E-state index in [0.717, 1.165) is 66.1 Å². The van der Waals surface area contributed by atoms with Gasteiger partial charge in [0.25, 0.3) is 0 Å². The van der Waals surface area contributed by atoms with Gasteiger partial charge in [-0.05, 0) is 50.5 Å². The van der Waals surface area contributed by atoms with Crippen LogP contribution in [0.2, 0.25) is 5.02 Å². The van der Waals surface area contributed by atoms with Gasteiger partial charge in [0.05, 0.1) is 11.3 Å². The molecule has 5 rings (SSSR count). The average Bonchev–Trinajstić information content (AvgIpc) is 3.30. The number of amides is 1. The largest absolute Gasteiger partial charge is 0.355 e. The van der Waals surface area contributed by atoms with Crippen LogP contribution >= 0.6 is 11.6 Å². The van der Waals surface area contributed by atoms with Gasteiger partial charge >= 0.3 is 0 Å². The summed E-state index contributed by atoms with van der Waals surface area (Å²) in [5.74, 6) is 1.10. The fourth-order valence-corrected chi connectivity index (χ4v) is 5.29. The molecular formula is C28H30ClN5O. The van der Waals surface area contributed by atoms with Gasteiger partial charge in [-0.1, -0.05) is 48.0 Å². The number of aromatic nitrogens is 3. The highest BCUT2D eigenvalue weighted by Gasteiger charge is 2.30. The normalized spacial score (nSPS) is 16.0. The maximum atomic E-state index is 13.2. The van der Waals surface area contributed by atoms with Crippen molar-refractivity contribution in [2.24, 2.45) is 5.92 Å². The van der Waals surface area contributed by atoms with Gasteiger partial charge in [0, 0.05) is 48.6 Å². The van der Waals surface area contributed by atoms with Gasteiger partial charge in [-0.3, -0.25) is 4.79 Å². The van der Waals surface area contributed by atoms with E-state index in [1.54, 1.807) is 6.33 Å². The van der Waals surface area contributed by atoms with Crippen LogP contribution in [0, 0.1) is 5.92 Å². The smallest absolute Gasteiger partial charge is 0.227 e. The molecule has 1 amide bonds. The highest BCUT2D eigenvalue weighted by Crippen LogP contribution is 2.38. The van der Waals surface area contributed by atoms with Crippen LogP contribution in [0.4, 0.5) is 5.82 Å². The first-order valence-electron chi connectivity index (χ1n) is 12.3. The monoisotopic (exact) mass is 487 g/mol. The van der Waals surface area contributed by atoms with E-state index in [-0.39, 0.29) is 11.8 Å². The Morgan fingerprint density at radius 1 is 1.09 bits per heavy atom. The number of hydrogen-bond acceptors (Lipinski definition) is 4. The lowest BCUT2D eigenvalue weighted by atomic mass is 9.96. The predicted molar refractivity (Wildman–Crippen MR) is 142 cm³/mol. The van der Waals surface area contributed by atoms with Gasteiger partial charge in [-0.15, -0.1) is 0 Å². The molecule has 1 aliphatic rings. The number of carbonyl (C=O) groups is 1. The van der Waals surface area contributed by atoms with Crippen molar-refractivity contribution in [1.29, 1.82) is 0 Å². The third-order valence-corrected chi connectivity index (χ3v) is 7.11. The van der Waals surface area contributed by atoms with Crippen molar-refractivity contribution in [2.45, 2.75) is 26.7 Å². The second-order valence-corrected chi connectivity index (χ2v) is 9.39. The van der Waals surface area contributed by atoms with Gasteiger partial charge in [-0.2, -0.15) is 0 Å². The SMILES string of the molecule is CCN(CC)C(=O)[C@H]1CCCN(c2ncnc3c2c(-c2ccccc2)cn3-c2cccc(Cl)c2)C1. The van der Waals surface area contributed by atoms with E-state index < -0.39 is 0 Å². The van der Waals surface area contributed by atoms with E-state index in [9.17, 15) is 4.79 Å². The minimum atomic E-state index is -0.0242. The van der Waals surface area contributed by atoms with Gasteiger partial charge in [0.15, 0.2) is 5.65 Å². The molecule has 2 aromatic carbocycles. The number of rotatable bonds is 6. The molecule has 0 N–H and O–H groups in total. The number of halogens is 1.